The van der Waals surface area contributed by atoms with Gasteiger partial charge in [0.2, 0.25) is 5.91 Å². The summed E-state index contributed by atoms with van der Waals surface area (Å²) in [7, 11) is 0. The lowest BCUT2D eigenvalue weighted by Gasteiger charge is -2.21. The number of benzene rings is 1. The molecule has 2 amide bonds. The van der Waals surface area contributed by atoms with E-state index in [-0.39, 0.29) is 53.8 Å². The minimum Gasteiger partial charge on any atom is -0.380 e. The van der Waals surface area contributed by atoms with Crippen molar-refractivity contribution in [1.29, 1.82) is 0 Å². The molecule has 9 nitrogen and oxygen atoms in total. The largest absolute Gasteiger partial charge is 0.418 e. The number of hydrogen-bond acceptors (Lipinski definition) is 7. The zero-order valence-corrected chi connectivity index (χ0v) is 20.2. The molecule has 38 heavy (non-hydrogen) atoms. The zero-order chi connectivity index (χ0) is 27.3. The Morgan fingerprint density at radius 2 is 1.95 bits per heavy atom. The number of hydrogen-bond donors (Lipinski definition) is 2. The van der Waals surface area contributed by atoms with E-state index in [1.165, 1.54) is 37.2 Å². The number of anilines is 2. The van der Waals surface area contributed by atoms with Crippen LogP contribution in [0.2, 0.25) is 5.02 Å². The van der Waals surface area contributed by atoms with E-state index in [4.69, 9.17) is 16.3 Å². The summed E-state index contributed by atoms with van der Waals surface area (Å²) in [5, 5.41) is 5.29. The molecule has 198 valence electrons. The second-order valence-corrected chi connectivity index (χ2v) is 8.70. The van der Waals surface area contributed by atoms with Gasteiger partial charge in [-0.05, 0) is 30.7 Å². The maximum absolute atomic E-state index is 13.4. The van der Waals surface area contributed by atoms with Gasteiger partial charge in [-0.15, -0.1) is 0 Å². The number of aliphatic imine (C=N–C) groups is 1. The van der Waals surface area contributed by atoms with E-state index in [2.05, 4.69) is 30.6 Å². The number of halogens is 5. The number of nitrogens with one attached hydrogen (secondary N) is 2. The Bertz CT molecular complexity index is 1370. The Morgan fingerprint density at radius 1 is 1.18 bits per heavy atom. The third kappa shape index (κ3) is 6.29. The van der Waals surface area contributed by atoms with E-state index in [1.54, 1.807) is 0 Å². The maximum Gasteiger partial charge on any atom is 0.418 e. The summed E-state index contributed by atoms with van der Waals surface area (Å²) in [6.45, 7) is 0.174. The van der Waals surface area contributed by atoms with Crippen molar-refractivity contribution in [3.05, 3.63) is 76.8 Å². The molecule has 1 saturated heterocycles. The molecular weight excluding hydrogens is 532 g/mol. The van der Waals surface area contributed by atoms with Crippen molar-refractivity contribution in [3.63, 3.8) is 0 Å². The van der Waals surface area contributed by atoms with Crippen LogP contribution in [0.15, 0.2) is 54.2 Å². The van der Waals surface area contributed by atoms with Crippen molar-refractivity contribution in [2.45, 2.75) is 19.1 Å². The van der Waals surface area contributed by atoms with Crippen molar-refractivity contribution in [1.82, 2.24) is 20.3 Å². The van der Waals surface area contributed by atoms with E-state index in [0.29, 0.717) is 6.07 Å². The van der Waals surface area contributed by atoms with Crippen molar-refractivity contribution >= 4 is 41.0 Å². The monoisotopic (exact) mass is 550 g/mol. The highest BCUT2D eigenvalue weighted by Gasteiger charge is 2.41. The number of pyridine rings is 1. The van der Waals surface area contributed by atoms with Crippen LogP contribution in [0, 0.1) is 11.2 Å². The molecule has 0 saturated carbocycles. The van der Waals surface area contributed by atoms with E-state index >= 15 is 0 Å². The highest BCUT2D eigenvalue weighted by Crippen LogP contribution is 2.37. The molecule has 2 N–H and O–H groups in total. The summed E-state index contributed by atoms with van der Waals surface area (Å²) in [4.78, 5) is 40.8. The summed E-state index contributed by atoms with van der Waals surface area (Å²) >= 11 is 6.26. The number of aromatic nitrogens is 3. The zero-order valence-electron chi connectivity index (χ0n) is 19.4. The molecule has 14 heteroatoms. The molecule has 0 bridgehead atoms. The molecule has 2 aromatic heterocycles. The van der Waals surface area contributed by atoms with Crippen LogP contribution in [0.5, 0.6) is 0 Å². The smallest absolute Gasteiger partial charge is 0.380 e. The fraction of sp³-hybridized carbons (Fsp3) is 0.250. The minimum absolute atomic E-state index is 0.00410. The second kappa shape index (κ2) is 11.2. The fourth-order valence-corrected chi connectivity index (χ4v) is 3.84. The van der Waals surface area contributed by atoms with Crippen LogP contribution in [0.4, 0.5) is 28.9 Å². The molecule has 1 aliphatic rings. The molecule has 3 aromatic rings. The molecule has 0 radical (unpaired) electrons. The third-order valence-electron chi connectivity index (χ3n) is 5.64. The Hall–Kier alpha value is -3.97. The van der Waals surface area contributed by atoms with E-state index < -0.39 is 34.8 Å². The van der Waals surface area contributed by atoms with Gasteiger partial charge in [-0.2, -0.15) is 13.2 Å². The Kier molecular flexibility index (Phi) is 7.97. The first-order valence-corrected chi connectivity index (χ1v) is 11.4. The SMILES string of the molecule is O=C(N=CC1(C(=O)NCc2ncc(Nc3ccc(F)cc3C(F)(F)F)cc2Cl)CCOC1)c1cncnc1. The first-order chi connectivity index (χ1) is 18.1. The van der Waals surface area contributed by atoms with Gasteiger partial charge in [0.15, 0.2) is 0 Å². The van der Waals surface area contributed by atoms with Crippen molar-refractivity contribution < 1.29 is 31.9 Å². The molecule has 1 aromatic carbocycles. The van der Waals surface area contributed by atoms with Gasteiger partial charge in [0.25, 0.3) is 5.91 Å². The van der Waals surface area contributed by atoms with E-state index in [1.807, 2.05) is 0 Å². The number of carbonyl (C=O) groups is 2. The number of nitrogens with zero attached hydrogens (tertiary/aromatic N) is 4. The fourth-order valence-electron chi connectivity index (χ4n) is 3.61. The standard InChI is InChI=1S/C24H19ClF4N6O3/c25-18-6-16(35-19-2-1-15(26)5-17(19)24(27,28)29)9-32-20(18)10-33-22(37)23(3-4-38-12-23)11-34-21(36)14-7-30-13-31-8-14/h1-2,5-9,11,13,35H,3-4,10,12H2,(H,33,37). The van der Waals surface area contributed by atoms with Crippen molar-refractivity contribution in [2.75, 3.05) is 18.5 Å². The maximum atomic E-state index is 13.4. The van der Waals surface area contributed by atoms with Gasteiger partial charge in [0.05, 0.1) is 52.6 Å². The molecule has 0 aliphatic carbocycles. The van der Waals surface area contributed by atoms with Gasteiger partial charge >= 0.3 is 6.18 Å². The van der Waals surface area contributed by atoms with Crippen LogP contribution in [0.25, 0.3) is 0 Å². The average molecular weight is 551 g/mol. The predicted molar refractivity (Wildman–Crippen MR) is 129 cm³/mol. The van der Waals surface area contributed by atoms with Crippen LogP contribution in [-0.2, 0) is 22.3 Å². The summed E-state index contributed by atoms with van der Waals surface area (Å²) in [6.07, 6.45) is 1.85. The molecule has 3 heterocycles. The van der Waals surface area contributed by atoms with Crippen molar-refractivity contribution in [2.24, 2.45) is 10.4 Å². The van der Waals surface area contributed by atoms with Crippen LogP contribution < -0.4 is 10.6 Å². The highest BCUT2D eigenvalue weighted by atomic mass is 35.5. The third-order valence-corrected chi connectivity index (χ3v) is 5.97. The minimum atomic E-state index is -4.78. The van der Waals surface area contributed by atoms with Gasteiger partial charge in [0.1, 0.15) is 17.6 Å². The number of rotatable bonds is 7. The average Bonchev–Trinajstić information content (AvgIpc) is 3.38. The summed E-state index contributed by atoms with van der Waals surface area (Å²) < 4.78 is 58.5. The van der Waals surface area contributed by atoms with Gasteiger partial charge in [0, 0.05) is 25.2 Å². The van der Waals surface area contributed by atoms with Crippen molar-refractivity contribution in [3.8, 4) is 0 Å². The lowest BCUT2D eigenvalue weighted by Crippen LogP contribution is -2.42. The molecular formula is C24H19ClF4N6O3. The van der Waals surface area contributed by atoms with Crippen LogP contribution >= 0.6 is 11.6 Å². The van der Waals surface area contributed by atoms with Crippen LogP contribution in [0.3, 0.4) is 0 Å². The van der Waals surface area contributed by atoms with E-state index in [9.17, 15) is 27.2 Å². The summed E-state index contributed by atoms with van der Waals surface area (Å²) in [5.41, 5.74) is -2.24. The molecule has 1 fully saturated rings. The quantitative estimate of drug-likeness (QED) is 0.331. The first-order valence-electron chi connectivity index (χ1n) is 11.1. The van der Waals surface area contributed by atoms with Gasteiger partial charge in [-0.1, -0.05) is 11.6 Å². The Morgan fingerprint density at radius 3 is 2.61 bits per heavy atom. The second-order valence-electron chi connectivity index (χ2n) is 8.30. The first kappa shape index (κ1) is 27.1. The number of ether oxygens (including phenoxy) is 1. The molecule has 0 spiro atoms. The predicted octanol–water partition coefficient (Wildman–Crippen LogP) is 4.36. The molecule has 4 rings (SSSR count). The van der Waals surface area contributed by atoms with Crippen LogP contribution in [0.1, 0.15) is 28.0 Å². The summed E-state index contributed by atoms with van der Waals surface area (Å²) in [5.74, 6) is -2.12. The summed E-state index contributed by atoms with van der Waals surface area (Å²) in [6, 6.07) is 3.56. The lowest BCUT2D eigenvalue weighted by atomic mass is 9.87. The molecule has 1 unspecified atom stereocenters. The number of alkyl halides is 3. The highest BCUT2D eigenvalue weighted by molar-refractivity contribution is 6.31. The van der Waals surface area contributed by atoms with E-state index in [0.717, 1.165) is 12.1 Å². The number of amides is 2. The lowest BCUT2D eigenvalue weighted by molar-refractivity contribution is -0.137. The Balaban J connectivity index is 1.44. The molecule has 1 aliphatic heterocycles. The van der Waals surface area contributed by atoms with Gasteiger partial charge < -0.3 is 15.4 Å². The molecule has 1 atom stereocenters. The normalized spacial score (nSPS) is 17.5. The van der Waals surface area contributed by atoms with Gasteiger partial charge in [-0.25, -0.2) is 19.4 Å². The van der Waals surface area contributed by atoms with Crippen LogP contribution in [-0.4, -0.2) is 46.2 Å². The topological polar surface area (TPSA) is 118 Å². The van der Waals surface area contributed by atoms with Gasteiger partial charge in [-0.3, -0.25) is 14.6 Å². The number of carbonyl (C=O) groups excluding carboxylic acids is 2. The Labute approximate surface area is 218 Å².